The van der Waals surface area contributed by atoms with Crippen LogP contribution in [-0.4, -0.2) is 21.9 Å². The maximum Gasteiger partial charge on any atom is 0.270 e. The highest BCUT2D eigenvalue weighted by atomic mass is 35.5. The molecule has 4 nitrogen and oxygen atoms in total. The average molecular weight is 429 g/mol. The fourth-order valence-electron chi connectivity index (χ4n) is 3.28. The van der Waals surface area contributed by atoms with Gasteiger partial charge in [0.1, 0.15) is 5.75 Å². The molecule has 2 heterocycles. The number of thioether (sulfide) groups is 1. The van der Waals surface area contributed by atoms with Crippen LogP contribution in [0.25, 0.3) is 17.0 Å². The summed E-state index contributed by atoms with van der Waals surface area (Å²) in [5, 5.41) is 1.55. The van der Waals surface area contributed by atoms with Gasteiger partial charge in [0.05, 0.1) is 22.7 Å². The van der Waals surface area contributed by atoms with E-state index in [1.165, 1.54) is 16.7 Å². The number of nitrogens with zero attached hydrogens (tertiary/aromatic N) is 2. The molecule has 0 unspecified atom stereocenters. The average Bonchev–Trinajstić information content (AvgIpc) is 3.19. The third-order valence-electron chi connectivity index (χ3n) is 4.63. The molecule has 0 spiro atoms. The number of ether oxygens (including phenoxy) is 1. The molecule has 7 heteroatoms. The van der Waals surface area contributed by atoms with Gasteiger partial charge in [0.15, 0.2) is 4.32 Å². The Labute approximate surface area is 177 Å². The van der Waals surface area contributed by atoms with Gasteiger partial charge in [0.25, 0.3) is 5.91 Å². The summed E-state index contributed by atoms with van der Waals surface area (Å²) in [5.41, 5.74) is 2.78. The summed E-state index contributed by atoms with van der Waals surface area (Å²) >= 11 is 13.0. The standard InChI is InChI=1S/C21H17ClN2O2S2/c1-3-23-12-13(15-6-4-5-7-17(15)23)10-19-20(25)24(21(27)28-19)14-8-9-18(26-2)16(22)11-14/h4-12H,3H2,1-2H3/b19-10-. The van der Waals surface area contributed by atoms with Gasteiger partial charge in [-0.25, -0.2) is 0 Å². The van der Waals surface area contributed by atoms with E-state index in [0.29, 0.717) is 25.7 Å². The second kappa shape index (κ2) is 7.62. The number of halogens is 1. The van der Waals surface area contributed by atoms with Gasteiger partial charge in [-0.1, -0.05) is 53.8 Å². The van der Waals surface area contributed by atoms with Crippen LogP contribution in [0.4, 0.5) is 5.69 Å². The zero-order chi connectivity index (χ0) is 19.8. The molecule has 28 heavy (non-hydrogen) atoms. The van der Waals surface area contributed by atoms with E-state index in [2.05, 4.69) is 29.8 Å². The van der Waals surface area contributed by atoms with Crippen LogP contribution >= 0.6 is 35.6 Å². The molecule has 1 aliphatic heterocycles. The molecule has 1 aromatic heterocycles. The summed E-state index contributed by atoms with van der Waals surface area (Å²) in [6, 6.07) is 13.4. The number of carbonyl (C=O) groups is 1. The van der Waals surface area contributed by atoms with Crippen molar-refractivity contribution < 1.29 is 9.53 Å². The van der Waals surface area contributed by atoms with E-state index in [1.54, 1.807) is 25.3 Å². The Morgan fingerprint density at radius 1 is 1.25 bits per heavy atom. The fraction of sp³-hybridized carbons (Fsp3) is 0.143. The molecule has 0 bridgehead atoms. The van der Waals surface area contributed by atoms with Gasteiger partial charge >= 0.3 is 0 Å². The molecule has 1 aliphatic rings. The molecule has 1 fully saturated rings. The lowest BCUT2D eigenvalue weighted by atomic mass is 10.1. The highest BCUT2D eigenvalue weighted by molar-refractivity contribution is 8.27. The van der Waals surface area contributed by atoms with Crippen molar-refractivity contribution in [3.8, 4) is 5.75 Å². The molecule has 0 aliphatic carbocycles. The molecular weight excluding hydrogens is 412 g/mol. The zero-order valence-electron chi connectivity index (χ0n) is 15.3. The van der Waals surface area contributed by atoms with E-state index >= 15 is 0 Å². The first-order chi connectivity index (χ1) is 13.5. The SMILES string of the molecule is CCn1cc(/C=C2\SC(=S)N(c3ccc(OC)c(Cl)c3)C2=O)c2ccccc21. The summed E-state index contributed by atoms with van der Waals surface area (Å²) in [6.07, 6.45) is 3.99. The minimum Gasteiger partial charge on any atom is -0.495 e. The highest BCUT2D eigenvalue weighted by Gasteiger charge is 2.33. The quantitative estimate of drug-likeness (QED) is 0.392. The third kappa shape index (κ3) is 3.21. The number of methoxy groups -OCH3 is 1. The topological polar surface area (TPSA) is 34.5 Å². The number of rotatable bonds is 4. The minimum atomic E-state index is -0.149. The number of amides is 1. The lowest BCUT2D eigenvalue weighted by Gasteiger charge is -2.15. The first-order valence-corrected chi connectivity index (χ1v) is 10.3. The Kier molecular flexibility index (Phi) is 5.19. The fourth-order valence-corrected chi connectivity index (χ4v) is 4.82. The van der Waals surface area contributed by atoms with Gasteiger partial charge in [-0.2, -0.15) is 0 Å². The second-order valence-electron chi connectivity index (χ2n) is 6.22. The van der Waals surface area contributed by atoms with Gasteiger partial charge in [0.2, 0.25) is 0 Å². The summed E-state index contributed by atoms with van der Waals surface area (Å²) in [7, 11) is 1.55. The van der Waals surface area contributed by atoms with Gasteiger partial charge in [-0.05, 0) is 37.3 Å². The van der Waals surface area contributed by atoms with Crippen LogP contribution < -0.4 is 9.64 Å². The highest BCUT2D eigenvalue weighted by Crippen LogP contribution is 2.39. The van der Waals surface area contributed by atoms with Crippen LogP contribution in [-0.2, 0) is 11.3 Å². The summed E-state index contributed by atoms with van der Waals surface area (Å²) < 4.78 is 7.84. The van der Waals surface area contributed by atoms with E-state index in [1.807, 2.05) is 18.2 Å². The zero-order valence-corrected chi connectivity index (χ0v) is 17.7. The molecule has 0 radical (unpaired) electrons. The third-order valence-corrected chi connectivity index (χ3v) is 6.23. The lowest BCUT2D eigenvalue weighted by Crippen LogP contribution is -2.27. The molecule has 1 amide bonds. The normalized spacial score (nSPS) is 15.8. The number of para-hydroxylation sites is 1. The number of hydrogen-bond donors (Lipinski definition) is 0. The monoisotopic (exact) mass is 428 g/mol. The number of aromatic nitrogens is 1. The van der Waals surface area contributed by atoms with Crippen molar-refractivity contribution >= 4 is 68.5 Å². The van der Waals surface area contributed by atoms with Crippen LogP contribution in [0, 0.1) is 0 Å². The predicted octanol–water partition coefficient (Wildman–Crippen LogP) is 5.73. The Morgan fingerprint density at radius 3 is 2.75 bits per heavy atom. The minimum absolute atomic E-state index is 0.149. The number of fused-ring (bicyclic) bond motifs is 1. The first-order valence-electron chi connectivity index (χ1n) is 8.73. The van der Waals surface area contributed by atoms with Crippen LogP contribution in [0.2, 0.25) is 5.02 Å². The first kappa shape index (κ1) is 19.1. The largest absolute Gasteiger partial charge is 0.495 e. The maximum atomic E-state index is 13.1. The van der Waals surface area contributed by atoms with Gasteiger partial charge < -0.3 is 9.30 Å². The smallest absolute Gasteiger partial charge is 0.270 e. The number of carbonyl (C=O) groups excluding carboxylic acids is 1. The molecule has 0 saturated carbocycles. The van der Waals surface area contributed by atoms with Crippen molar-refractivity contribution in [2.45, 2.75) is 13.5 Å². The summed E-state index contributed by atoms with van der Waals surface area (Å²) in [5.74, 6) is 0.406. The van der Waals surface area contributed by atoms with Crippen LogP contribution in [0.1, 0.15) is 12.5 Å². The van der Waals surface area contributed by atoms with Crippen molar-refractivity contribution in [3.63, 3.8) is 0 Å². The van der Waals surface area contributed by atoms with Crippen molar-refractivity contribution in [1.82, 2.24) is 4.57 Å². The van der Waals surface area contributed by atoms with Gasteiger partial charge in [-0.3, -0.25) is 9.69 Å². The number of thiocarbonyl (C=S) groups is 1. The van der Waals surface area contributed by atoms with Crippen molar-refractivity contribution in [2.75, 3.05) is 12.0 Å². The lowest BCUT2D eigenvalue weighted by molar-refractivity contribution is -0.113. The molecule has 3 aromatic rings. The Hall–Kier alpha value is -2.28. The van der Waals surface area contributed by atoms with E-state index < -0.39 is 0 Å². The van der Waals surface area contributed by atoms with E-state index in [0.717, 1.165) is 23.0 Å². The molecule has 0 N–H and O–H groups in total. The van der Waals surface area contributed by atoms with Crippen molar-refractivity contribution in [1.29, 1.82) is 0 Å². The van der Waals surface area contributed by atoms with Crippen LogP contribution in [0.5, 0.6) is 5.75 Å². The van der Waals surface area contributed by atoms with E-state index in [4.69, 9.17) is 28.6 Å². The Bertz CT molecular complexity index is 1140. The Balaban J connectivity index is 1.73. The van der Waals surface area contributed by atoms with Gasteiger partial charge in [-0.15, -0.1) is 0 Å². The number of anilines is 1. The summed E-state index contributed by atoms with van der Waals surface area (Å²) in [4.78, 5) is 15.2. The molecule has 1 saturated heterocycles. The Morgan fingerprint density at radius 2 is 2.04 bits per heavy atom. The van der Waals surface area contributed by atoms with Gasteiger partial charge in [0, 0.05) is 29.2 Å². The molecule has 142 valence electrons. The maximum absolute atomic E-state index is 13.1. The van der Waals surface area contributed by atoms with E-state index in [-0.39, 0.29) is 5.91 Å². The number of aryl methyl sites for hydroxylation is 1. The van der Waals surface area contributed by atoms with Crippen LogP contribution in [0.15, 0.2) is 53.6 Å². The van der Waals surface area contributed by atoms with Crippen LogP contribution in [0.3, 0.4) is 0 Å². The molecule has 2 aromatic carbocycles. The number of hydrogen-bond acceptors (Lipinski definition) is 4. The van der Waals surface area contributed by atoms with Crippen molar-refractivity contribution in [2.24, 2.45) is 0 Å². The predicted molar refractivity (Wildman–Crippen MR) is 121 cm³/mol. The van der Waals surface area contributed by atoms with E-state index in [9.17, 15) is 4.79 Å². The number of benzene rings is 2. The molecular formula is C21H17ClN2O2S2. The summed E-state index contributed by atoms with van der Waals surface area (Å²) in [6.45, 7) is 2.96. The molecule has 0 atom stereocenters. The van der Waals surface area contributed by atoms with Crippen molar-refractivity contribution in [3.05, 3.63) is 64.2 Å². The molecule has 4 rings (SSSR count). The second-order valence-corrected chi connectivity index (χ2v) is 8.31.